The van der Waals surface area contributed by atoms with Crippen molar-refractivity contribution in [2.45, 2.75) is 39.5 Å². The molecule has 2 heterocycles. The predicted molar refractivity (Wildman–Crippen MR) is 129 cm³/mol. The topological polar surface area (TPSA) is 45.7 Å². The first-order chi connectivity index (χ1) is 15.6. The van der Waals surface area contributed by atoms with E-state index in [4.69, 9.17) is 21.3 Å². The van der Waals surface area contributed by atoms with Crippen LogP contribution in [0.3, 0.4) is 0 Å². The largest absolute Gasteiger partial charge is 0.448 e. The zero-order valence-corrected chi connectivity index (χ0v) is 19.8. The van der Waals surface area contributed by atoms with Crippen LogP contribution in [-0.4, -0.2) is 60.2 Å². The summed E-state index contributed by atoms with van der Waals surface area (Å²) in [5.41, 5.74) is 7.47. The summed E-state index contributed by atoms with van der Waals surface area (Å²) in [4.78, 5) is 21.4. The Kier molecular flexibility index (Phi) is 7.48. The molecule has 6 heteroatoms. The second-order valence-electron chi connectivity index (χ2n) is 8.42. The summed E-state index contributed by atoms with van der Waals surface area (Å²) in [6.45, 7) is 8.76. The maximum absolute atomic E-state index is 12.6. The molecule has 0 spiro atoms. The van der Waals surface area contributed by atoms with Crippen LogP contribution in [0.5, 0.6) is 0 Å². The van der Waals surface area contributed by atoms with E-state index in [9.17, 15) is 4.79 Å². The minimum atomic E-state index is -0.201. The average Bonchev–Trinajstić information content (AvgIpc) is 2.98. The number of fused-ring (bicyclic) bond motifs is 2. The van der Waals surface area contributed by atoms with Crippen molar-refractivity contribution >= 4 is 23.3 Å². The molecule has 1 saturated heterocycles. The van der Waals surface area contributed by atoms with E-state index in [2.05, 4.69) is 36.9 Å². The van der Waals surface area contributed by atoms with Crippen LogP contribution in [0, 0.1) is 0 Å². The summed E-state index contributed by atoms with van der Waals surface area (Å²) in [5, 5.41) is 0.772. The number of hydrogen-bond acceptors (Lipinski definition) is 4. The number of likely N-dealkylation sites (N-methyl/N-ethyl adjacent to an activating group) is 1. The molecule has 1 fully saturated rings. The second-order valence-corrected chi connectivity index (χ2v) is 8.86. The summed E-state index contributed by atoms with van der Waals surface area (Å²) in [7, 11) is 0. The van der Waals surface area contributed by atoms with E-state index in [1.165, 1.54) is 27.8 Å². The number of pyridine rings is 1. The highest BCUT2D eigenvalue weighted by Gasteiger charge is 2.27. The van der Waals surface area contributed by atoms with Gasteiger partial charge in [0.15, 0.2) is 0 Å². The standard InChI is InChI=1S/C26H32ClN3O2/c1-3-29(4-2)16-17-32-26(31)30-14-11-19(12-15-30)24-23-10-9-22(27)18-21(23)8-7-20-6-5-13-28-25(20)24/h5-6,9-10,13,18H,3-4,7-8,11-12,14-17H2,1-2H3. The lowest BCUT2D eigenvalue weighted by atomic mass is 9.88. The van der Waals surface area contributed by atoms with Crippen LogP contribution < -0.4 is 0 Å². The molecule has 32 heavy (non-hydrogen) atoms. The predicted octanol–water partition coefficient (Wildman–Crippen LogP) is 5.21. The van der Waals surface area contributed by atoms with Gasteiger partial charge >= 0.3 is 6.09 Å². The third-order valence-electron chi connectivity index (χ3n) is 6.63. The zero-order chi connectivity index (χ0) is 22.5. The molecular weight excluding hydrogens is 422 g/mol. The quantitative estimate of drug-likeness (QED) is 0.623. The van der Waals surface area contributed by atoms with E-state index >= 15 is 0 Å². The van der Waals surface area contributed by atoms with Crippen molar-refractivity contribution in [3.8, 4) is 0 Å². The zero-order valence-electron chi connectivity index (χ0n) is 19.1. The first-order valence-electron chi connectivity index (χ1n) is 11.7. The van der Waals surface area contributed by atoms with Crippen LogP contribution in [0.1, 0.15) is 49.1 Å². The molecule has 170 valence electrons. The van der Waals surface area contributed by atoms with Gasteiger partial charge in [-0.1, -0.05) is 43.2 Å². The normalized spacial score (nSPS) is 15.9. The Hall–Kier alpha value is -2.37. The van der Waals surface area contributed by atoms with Crippen LogP contribution in [0.25, 0.3) is 5.57 Å². The van der Waals surface area contributed by atoms with Crippen molar-refractivity contribution < 1.29 is 9.53 Å². The molecule has 1 aromatic heterocycles. The summed E-state index contributed by atoms with van der Waals surface area (Å²) in [6.07, 6.45) is 5.25. The molecule has 4 rings (SSSR count). The summed E-state index contributed by atoms with van der Waals surface area (Å²) < 4.78 is 5.54. The molecule has 5 nitrogen and oxygen atoms in total. The van der Waals surface area contributed by atoms with E-state index in [-0.39, 0.29) is 6.09 Å². The van der Waals surface area contributed by atoms with Gasteiger partial charge in [-0.15, -0.1) is 0 Å². The number of amides is 1. The molecule has 0 bridgehead atoms. The number of benzene rings is 1. The van der Waals surface area contributed by atoms with Crippen LogP contribution in [-0.2, 0) is 17.6 Å². The molecular formula is C26H32ClN3O2. The monoisotopic (exact) mass is 453 g/mol. The summed E-state index contributed by atoms with van der Waals surface area (Å²) >= 11 is 6.32. The number of nitrogens with zero attached hydrogens (tertiary/aromatic N) is 3. The Morgan fingerprint density at radius 1 is 1.09 bits per heavy atom. The number of likely N-dealkylation sites (tertiary alicyclic amines) is 1. The van der Waals surface area contributed by atoms with Gasteiger partial charge in [0.1, 0.15) is 6.61 Å². The Morgan fingerprint density at radius 2 is 1.84 bits per heavy atom. The van der Waals surface area contributed by atoms with Crippen LogP contribution in [0.2, 0.25) is 5.02 Å². The van der Waals surface area contributed by atoms with E-state index in [0.29, 0.717) is 19.7 Å². The first kappa shape index (κ1) is 22.8. The smallest absolute Gasteiger partial charge is 0.409 e. The Balaban J connectivity index is 1.52. The van der Waals surface area contributed by atoms with Crippen molar-refractivity contribution in [1.82, 2.24) is 14.8 Å². The van der Waals surface area contributed by atoms with Crippen molar-refractivity contribution in [1.29, 1.82) is 0 Å². The molecule has 0 radical (unpaired) electrons. The highest BCUT2D eigenvalue weighted by molar-refractivity contribution is 6.30. The van der Waals surface area contributed by atoms with E-state index in [1.54, 1.807) is 0 Å². The fourth-order valence-corrected chi connectivity index (χ4v) is 4.93. The van der Waals surface area contributed by atoms with Gasteiger partial charge < -0.3 is 14.5 Å². The number of hydrogen-bond donors (Lipinski definition) is 0. The third-order valence-corrected chi connectivity index (χ3v) is 6.87. The highest BCUT2D eigenvalue weighted by Crippen LogP contribution is 2.38. The van der Waals surface area contributed by atoms with Gasteiger partial charge in [-0.05, 0) is 73.7 Å². The molecule has 0 unspecified atom stereocenters. The Morgan fingerprint density at radius 3 is 2.59 bits per heavy atom. The third kappa shape index (κ3) is 5.00. The molecule has 0 N–H and O–H groups in total. The van der Waals surface area contributed by atoms with E-state index in [1.807, 2.05) is 23.2 Å². The van der Waals surface area contributed by atoms with Gasteiger partial charge in [-0.3, -0.25) is 4.98 Å². The number of ether oxygens (including phenoxy) is 1. The van der Waals surface area contributed by atoms with Crippen LogP contribution >= 0.6 is 11.6 Å². The number of rotatable bonds is 5. The minimum Gasteiger partial charge on any atom is -0.448 e. The second kappa shape index (κ2) is 10.5. The Labute approximate surface area is 196 Å². The van der Waals surface area contributed by atoms with Gasteiger partial charge in [0, 0.05) is 36.4 Å². The molecule has 0 atom stereocenters. The van der Waals surface area contributed by atoms with Crippen molar-refractivity contribution in [2.24, 2.45) is 0 Å². The molecule has 2 aliphatic rings. The SMILES string of the molecule is CCN(CC)CCOC(=O)N1CCC(=C2c3ccc(Cl)cc3CCc3cccnc32)CC1. The van der Waals surface area contributed by atoms with Crippen LogP contribution in [0.4, 0.5) is 4.79 Å². The lowest BCUT2D eigenvalue weighted by Gasteiger charge is -2.30. The number of halogens is 1. The molecule has 1 aliphatic carbocycles. The minimum absolute atomic E-state index is 0.201. The number of carbonyl (C=O) groups excluding carboxylic acids is 1. The highest BCUT2D eigenvalue weighted by atomic mass is 35.5. The fourth-order valence-electron chi connectivity index (χ4n) is 4.74. The van der Waals surface area contributed by atoms with Crippen molar-refractivity contribution in [3.63, 3.8) is 0 Å². The molecule has 0 saturated carbocycles. The average molecular weight is 454 g/mol. The van der Waals surface area contributed by atoms with Gasteiger partial charge in [0.05, 0.1) is 5.69 Å². The first-order valence-corrected chi connectivity index (χ1v) is 12.1. The van der Waals surface area contributed by atoms with Gasteiger partial charge in [-0.25, -0.2) is 4.79 Å². The fraction of sp³-hybridized carbons (Fsp3) is 0.462. The number of aryl methyl sites for hydroxylation is 2. The van der Waals surface area contributed by atoms with Crippen LogP contribution in [0.15, 0.2) is 42.1 Å². The maximum Gasteiger partial charge on any atom is 0.409 e. The van der Waals surface area contributed by atoms with Gasteiger partial charge in [0.2, 0.25) is 0 Å². The number of aromatic nitrogens is 1. The molecule has 1 aromatic carbocycles. The lowest BCUT2D eigenvalue weighted by molar-refractivity contribution is 0.0893. The lowest BCUT2D eigenvalue weighted by Crippen LogP contribution is -2.38. The number of carbonyl (C=O) groups is 1. The summed E-state index contributed by atoms with van der Waals surface area (Å²) in [5.74, 6) is 0. The van der Waals surface area contributed by atoms with Crippen molar-refractivity contribution in [3.05, 3.63) is 69.5 Å². The van der Waals surface area contributed by atoms with Gasteiger partial charge in [-0.2, -0.15) is 0 Å². The molecule has 1 aliphatic heterocycles. The maximum atomic E-state index is 12.6. The van der Waals surface area contributed by atoms with Crippen molar-refractivity contribution in [2.75, 3.05) is 39.3 Å². The van der Waals surface area contributed by atoms with E-state index < -0.39 is 0 Å². The summed E-state index contributed by atoms with van der Waals surface area (Å²) in [6, 6.07) is 10.4. The molecule has 2 aromatic rings. The number of piperidine rings is 1. The van der Waals surface area contributed by atoms with E-state index in [0.717, 1.165) is 56.0 Å². The van der Waals surface area contributed by atoms with Gasteiger partial charge in [0.25, 0.3) is 0 Å². The molecule has 1 amide bonds. The Bertz CT molecular complexity index is 990.